The van der Waals surface area contributed by atoms with E-state index in [1.54, 1.807) is 25.2 Å². The van der Waals surface area contributed by atoms with Crippen molar-refractivity contribution in [1.82, 2.24) is 15.3 Å². The van der Waals surface area contributed by atoms with E-state index >= 15 is 4.39 Å². The van der Waals surface area contributed by atoms with E-state index in [4.69, 9.17) is 0 Å². The van der Waals surface area contributed by atoms with Crippen LogP contribution in [0.15, 0.2) is 30.3 Å². The van der Waals surface area contributed by atoms with Crippen LogP contribution in [0, 0.1) is 17.6 Å². The maximum atomic E-state index is 15.1. The number of halogens is 4. The Balaban J connectivity index is 1.96. The molecule has 7 nitrogen and oxygen atoms in total. The number of aromatic nitrogens is 2. The topological polar surface area (TPSA) is 98.9 Å². The molecule has 3 aromatic rings. The number of rotatable bonds is 13. The van der Waals surface area contributed by atoms with Crippen molar-refractivity contribution in [2.24, 2.45) is 0 Å². The fourth-order valence-electron chi connectivity index (χ4n) is 4.00. The van der Waals surface area contributed by atoms with Crippen LogP contribution >= 0.6 is 0 Å². The third-order valence-electron chi connectivity index (χ3n) is 5.92. The Morgan fingerprint density at radius 3 is 2.46 bits per heavy atom. The van der Waals surface area contributed by atoms with Crippen LogP contribution in [0.3, 0.4) is 0 Å². The highest BCUT2D eigenvalue weighted by Gasteiger charge is 2.26. The van der Waals surface area contributed by atoms with Crippen LogP contribution in [0.5, 0.6) is 0 Å². The van der Waals surface area contributed by atoms with Gasteiger partial charge in [0.2, 0.25) is 12.4 Å². The average molecular weight is 520 g/mol. The Kier molecular flexibility index (Phi) is 9.64. The van der Waals surface area contributed by atoms with E-state index in [0.29, 0.717) is 36.2 Å². The summed E-state index contributed by atoms with van der Waals surface area (Å²) in [5, 5.41) is 7.98. The monoisotopic (exact) mass is 519 g/mol. The van der Waals surface area contributed by atoms with Gasteiger partial charge < -0.3 is 20.9 Å². The number of carbonyl (C=O) groups excluding carboxylic acids is 2. The maximum absolute atomic E-state index is 15.1. The van der Waals surface area contributed by atoms with Crippen LogP contribution in [0.4, 0.5) is 28.9 Å². The van der Waals surface area contributed by atoms with Gasteiger partial charge in [-0.3, -0.25) is 9.59 Å². The predicted molar refractivity (Wildman–Crippen MR) is 133 cm³/mol. The summed E-state index contributed by atoms with van der Waals surface area (Å²) < 4.78 is 56.8. The molecule has 0 aliphatic carbocycles. The standard InChI is InChI=1S/C26H29F4N5O2/c1-3-4-5-6-7-20(33-26(37)22-18(28)10-15(13-27)11-19(22)29)25-34-23(24(30)35-25)17-9-8-16(31-2)12-21(17)32-14-36/h8-12,14,20,31H,3-7,13H2,1-2H3,(H,32,36)(H,33,37)(H,34,35). The maximum Gasteiger partial charge on any atom is 0.257 e. The van der Waals surface area contributed by atoms with Crippen molar-refractivity contribution in [3.05, 3.63) is 64.9 Å². The van der Waals surface area contributed by atoms with E-state index in [1.807, 2.05) is 6.92 Å². The molecule has 0 aliphatic heterocycles. The molecule has 1 unspecified atom stereocenters. The fraction of sp³-hybridized carbons (Fsp3) is 0.346. The number of anilines is 2. The first-order valence-corrected chi connectivity index (χ1v) is 11.9. The highest BCUT2D eigenvalue weighted by molar-refractivity contribution is 5.95. The first-order chi connectivity index (χ1) is 17.8. The molecule has 0 radical (unpaired) electrons. The van der Waals surface area contributed by atoms with E-state index in [2.05, 4.69) is 25.9 Å². The molecule has 0 aliphatic rings. The van der Waals surface area contributed by atoms with Crippen molar-refractivity contribution in [1.29, 1.82) is 0 Å². The summed E-state index contributed by atoms with van der Waals surface area (Å²) in [4.78, 5) is 30.8. The van der Waals surface area contributed by atoms with Crippen molar-refractivity contribution in [3.63, 3.8) is 0 Å². The number of aromatic amines is 1. The second-order valence-electron chi connectivity index (χ2n) is 8.50. The second-order valence-corrected chi connectivity index (χ2v) is 8.50. The van der Waals surface area contributed by atoms with Gasteiger partial charge in [-0.1, -0.05) is 32.6 Å². The summed E-state index contributed by atoms with van der Waals surface area (Å²) in [6.07, 6.45) is 4.14. The van der Waals surface area contributed by atoms with Crippen LogP contribution in [0.1, 0.15) is 66.8 Å². The Labute approximate surface area is 212 Å². The first kappa shape index (κ1) is 27.7. The lowest BCUT2D eigenvalue weighted by atomic mass is 10.0. The van der Waals surface area contributed by atoms with Crippen molar-refractivity contribution in [2.45, 2.75) is 51.7 Å². The lowest BCUT2D eigenvalue weighted by Gasteiger charge is -2.17. The van der Waals surface area contributed by atoms with Gasteiger partial charge in [0.15, 0.2) is 0 Å². The van der Waals surface area contributed by atoms with E-state index < -0.39 is 41.8 Å². The van der Waals surface area contributed by atoms with Gasteiger partial charge >= 0.3 is 0 Å². The molecule has 1 aromatic heterocycles. The van der Waals surface area contributed by atoms with Crippen molar-refractivity contribution in [3.8, 4) is 11.3 Å². The molecule has 0 bridgehead atoms. The Bertz CT molecular complexity index is 1220. The Morgan fingerprint density at radius 2 is 1.84 bits per heavy atom. The summed E-state index contributed by atoms with van der Waals surface area (Å²) in [5.74, 6) is -4.22. The number of nitrogens with zero attached hydrogens (tertiary/aromatic N) is 1. The van der Waals surface area contributed by atoms with Gasteiger partial charge in [0.1, 0.15) is 35.4 Å². The van der Waals surface area contributed by atoms with E-state index in [0.717, 1.165) is 31.4 Å². The number of unbranched alkanes of at least 4 members (excludes halogenated alkanes) is 3. The average Bonchev–Trinajstić information content (AvgIpc) is 3.26. The number of carbonyl (C=O) groups is 2. The molecule has 11 heteroatoms. The van der Waals surface area contributed by atoms with Gasteiger partial charge in [0, 0.05) is 18.3 Å². The molecule has 0 saturated heterocycles. The molecular formula is C26H29F4N5O2. The highest BCUT2D eigenvalue weighted by atomic mass is 19.1. The molecule has 37 heavy (non-hydrogen) atoms. The zero-order valence-corrected chi connectivity index (χ0v) is 20.6. The minimum atomic E-state index is -1.20. The summed E-state index contributed by atoms with van der Waals surface area (Å²) in [5.41, 5.74) is 0.0840. The van der Waals surface area contributed by atoms with Crippen LogP contribution < -0.4 is 16.0 Å². The lowest BCUT2D eigenvalue weighted by Crippen LogP contribution is -2.31. The van der Waals surface area contributed by atoms with Crippen molar-refractivity contribution < 1.29 is 27.2 Å². The molecule has 198 valence electrons. The number of alkyl halides is 1. The molecule has 0 fully saturated rings. The fourth-order valence-corrected chi connectivity index (χ4v) is 4.00. The lowest BCUT2D eigenvalue weighted by molar-refractivity contribution is -0.105. The number of H-pyrrole nitrogens is 1. The molecule has 0 saturated carbocycles. The summed E-state index contributed by atoms with van der Waals surface area (Å²) >= 11 is 0. The minimum Gasteiger partial charge on any atom is -0.388 e. The summed E-state index contributed by atoms with van der Waals surface area (Å²) in [6, 6.07) is 5.48. The molecule has 2 amide bonds. The molecule has 3 rings (SSSR count). The third kappa shape index (κ3) is 6.66. The van der Waals surface area contributed by atoms with Gasteiger partial charge in [-0.2, -0.15) is 4.39 Å². The number of nitrogens with one attached hydrogen (secondary N) is 4. The highest BCUT2D eigenvalue weighted by Crippen LogP contribution is 2.32. The van der Waals surface area contributed by atoms with Crippen molar-refractivity contribution >= 4 is 23.7 Å². The number of imidazole rings is 1. The van der Waals surface area contributed by atoms with Gasteiger partial charge in [0.05, 0.1) is 11.7 Å². The molecule has 4 N–H and O–H groups in total. The number of hydrogen-bond donors (Lipinski definition) is 4. The largest absolute Gasteiger partial charge is 0.388 e. The predicted octanol–water partition coefficient (Wildman–Crippen LogP) is 6.02. The third-order valence-corrected chi connectivity index (χ3v) is 5.92. The first-order valence-electron chi connectivity index (χ1n) is 11.9. The number of hydrogen-bond acceptors (Lipinski definition) is 4. The number of amides is 2. The van der Waals surface area contributed by atoms with Crippen LogP contribution in [-0.2, 0) is 11.5 Å². The zero-order chi connectivity index (χ0) is 26.9. The van der Waals surface area contributed by atoms with Crippen LogP contribution in [-0.4, -0.2) is 29.3 Å². The molecule has 0 spiro atoms. The molecule has 1 atom stereocenters. The summed E-state index contributed by atoms with van der Waals surface area (Å²) in [7, 11) is 1.69. The minimum absolute atomic E-state index is 0.0493. The van der Waals surface area contributed by atoms with Gasteiger partial charge in [-0.15, -0.1) is 0 Å². The SMILES string of the molecule is CCCCCCC(NC(=O)c1c(F)cc(CF)cc1F)c1nc(-c2ccc(NC)cc2NC=O)c(F)[nH]1. The van der Waals surface area contributed by atoms with Crippen LogP contribution in [0.2, 0.25) is 0 Å². The quantitative estimate of drug-likeness (QED) is 0.126. The normalized spacial score (nSPS) is 11.7. The smallest absolute Gasteiger partial charge is 0.257 e. The molecule has 2 aromatic carbocycles. The zero-order valence-electron chi connectivity index (χ0n) is 20.6. The van der Waals surface area contributed by atoms with Gasteiger partial charge in [-0.25, -0.2) is 18.2 Å². The molecular weight excluding hydrogens is 490 g/mol. The second kappa shape index (κ2) is 12.9. The number of benzene rings is 2. The van der Waals surface area contributed by atoms with Gasteiger partial charge in [0.25, 0.3) is 5.91 Å². The Hall–Kier alpha value is -3.89. The van der Waals surface area contributed by atoms with Gasteiger partial charge in [-0.05, 0) is 42.3 Å². The molecule has 1 heterocycles. The summed E-state index contributed by atoms with van der Waals surface area (Å²) in [6.45, 7) is 0.949. The van der Waals surface area contributed by atoms with E-state index in [1.165, 1.54) is 0 Å². The van der Waals surface area contributed by atoms with E-state index in [-0.39, 0.29) is 17.1 Å². The van der Waals surface area contributed by atoms with E-state index in [9.17, 15) is 22.8 Å². The van der Waals surface area contributed by atoms with Crippen LogP contribution in [0.25, 0.3) is 11.3 Å². The Morgan fingerprint density at radius 1 is 1.11 bits per heavy atom. The van der Waals surface area contributed by atoms with Crippen molar-refractivity contribution in [2.75, 3.05) is 17.7 Å².